The molecule has 0 aliphatic carbocycles. The van der Waals surface area contributed by atoms with Crippen molar-refractivity contribution in [3.63, 3.8) is 0 Å². The number of carbonyl (C=O) groups excluding carboxylic acids is 1. The van der Waals surface area contributed by atoms with Crippen molar-refractivity contribution in [1.82, 2.24) is 25.7 Å². The third-order valence-electron chi connectivity index (χ3n) is 4.58. The Hall–Kier alpha value is -3.13. The van der Waals surface area contributed by atoms with E-state index >= 15 is 0 Å². The molecule has 0 spiro atoms. The van der Waals surface area contributed by atoms with E-state index in [0.717, 1.165) is 39.9 Å². The summed E-state index contributed by atoms with van der Waals surface area (Å²) >= 11 is 1.45. The van der Waals surface area contributed by atoms with E-state index in [2.05, 4.69) is 51.2 Å². The Kier molecular flexibility index (Phi) is 7.62. The van der Waals surface area contributed by atoms with E-state index in [4.69, 9.17) is 0 Å². The first kappa shape index (κ1) is 21.6. The number of benzene rings is 1. The van der Waals surface area contributed by atoms with Gasteiger partial charge in [-0.2, -0.15) is 5.10 Å². The zero-order valence-electron chi connectivity index (χ0n) is 17.6. The van der Waals surface area contributed by atoms with E-state index < -0.39 is 0 Å². The van der Waals surface area contributed by atoms with Crippen molar-refractivity contribution in [2.45, 2.75) is 26.8 Å². The molecule has 2 aromatic heterocycles. The van der Waals surface area contributed by atoms with Gasteiger partial charge in [-0.1, -0.05) is 24.3 Å². The van der Waals surface area contributed by atoms with Crippen molar-refractivity contribution in [2.24, 2.45) is 4.99 Å². The number of aromatic nitrogens is 2. The van der Waals surface area contributed by atoms with Crippen LogP contribution in [0.25, 0.3) is 5.69 Å². The molecule has 7 nitrogen and oxygen atoms in total. The number of nitrogens with one attached hydrogen (secondary N) is 3. The van der Waals surface area contributed by atoms with Crippen LogP contribution in [-0.2, 0) is 6.54 Å². The first-order valence-corrected chi connectivity index (χ1v) is 10.8. The zero-order chi connectivity index (χ0) is 21.3. The van der Waals surface area contributed by atoms with E-state index in [1.54, 1.807) is 7.05 Å². The summed E-state index contributed by atoms with van der Waals surface area (Å²) in [7, 11) is 1.75. The van der Waals surface area contributed by atoms with Crippen LogP contribution >= 0.6 is 11.3 Å². The van der Waals surface area contributed by atoms with Crippen LogP contribution in [0.2, 0.25) is 0 Å². The molecule has 3 rings (SSSR count). The highest BCUT2D eigenvalue weighted by atomic mass is 32.1. The molecular weight excluding hydrogens is 396 g/mol. The number of aryl methyl sites for hydroxylation is 2. The van der Waals surface area contributed by atoms with Gasteiger partial charge < -0.3 is 16.0 Å². The van der Waals surface area contributed by atoms with Gasteiger partial charge in [-0.15, -0.1) is 11.3 Å². The van der Waals surface area contributed by atoms with E-state index in [1.807, 2.05) is 41.3 Å². The molecule has 30 heavy (non-hydrogen) atoms. The minimum absolute atomic E-state index is 0.0201. The lowest BCUT2D eigenvalue weighted by Crippen LogP contribution is -2.38. The second-order valence-electron chi connectivity index (χ2n) is 6.91. The van der Waals surface area contributed by atoms with Crippen molar-refractivity contribution in [3.8, 4) is 5.69 Å². The van der Waals surface area contributed by atoms with Crippen LogP contribution in [-0.4, -0.2) is 41.8 Å². The average molecular weight is 425 g/mol. The quantitative estimate of drug-likeness (QED) is 0.295. The molecule has 8 heteroatoms. The largest absolute Gasteiger partial charge is 0.356 e. The normalized spacial score (nSPS) is 11.4. The summed E-state index contributed by atoms with van der Waals surface area (Å²) in [4.78, 5) is 17.0. The molecule has 0 aliphatic rings. The van der Waals surface area contributed by atoms with Gasteiger partial charge in [-0.25, -0.2) is 4.68 Å². The Bertz CT molecular complexity index is 993. The Labute approximate surface area is 181 Å². The minimum Gasteiger partial charge on any atom is -0.356 e. The molecule has 0 saturated carbocycles. The van der Waals surface area contributed by atoms with Gasteiger partial charge in [-0.05, 0) is 49.4 Å². The van der Waals surface area contributed by atoms with Crippen LogP contribution in [0, 0.1) is 13.8 Å². The lowest BCUT2D eigenvalue weighted by molar-refractivity contribution is 0.0957. The topological polar surface area (TPSA) is 83.3 Å². The number of hydrogen-bond donors (Lipinski definition) is 3. The number of hydrogen-bond acceptors (Lipinski definition) is 4. The molecule has 158 valence electrons. The Balaban J connectivity index is 1.47. The van der Waals surface area contributed by atoms with Gasteiger partial charge in [0, 0.05) is 32.4 Å². The molecule has 1 amide bonds. The van der Waals surface area contributed by atoms with Crippen LogP contribution in [0.5, 0.6) is 0 Å². The molecule has 1 aromatic carbocycles. The number of amides is 1. The lowest BCUT2D eigenvalue weighted by Gasteiger charge is -2.15. The highest BCUT2D eigenvalue weighted by molar-refractivity contribution is 7.12. The lowest BCUT2D eigenvalue weighted by atomic mass is 10.1. The highest BCUT2D eigenvalue weighted by Crippen LogP contribution is 2.16. The number of aliphatic imine (C=N–C) groups is 1. The first-order valence-electron chi connectivity index (χ1n) is 9.96. The summed E-state index contributed by atoms with van der Waals surface area (Å²) in [6, 6.07) is 14.0. The van der Waals surface area contributed by atoms with Crippen molar-refractivity contribution in [3.05, 3.63) is 69.7 Å². The maximum Gasteiger partial charge on any atom is 0.261 e. The predicted molar refractivity (Wildman–Crippen MR) is 123 cm³/mol. The maximum absolute atomic E-state index is 11.9. The monoisotopic (exact) mass is 424 g/mol. The molecule has 0 radical (unpaired) electrons. The van der Waals surface area contributed by atoms with Gasteiger partial charge in [0.25, 0.3) is 5.91 Å². The summed E-state index contributed by atoms with van der Waals surface area (Å²) in [5, 5.41) is 16.1. The molecule has 0 saturated heterocycles. The SMILES string of the molecule is CN=C(NCCCNC(=O)c1cccs1)NCc1ccccc1-n1nc(C)cc1C. The maximum atomic E-state index is 11.9. The van der Waals surface area contributed by atoms with Crippen molar-refractivity contribution < 1.29 is 4.79 Å². The van der Waals surface area contributed by atoms with Gasteiger partial charge in [0.1, 0.15) is 0 Å². The van der Waals surface area contributed by atoms with Gasteiger partial charge in [0.2, 0.25) is 0 Å². The minimum atomic E-state index is -0.0201. The molecule has 0 atom stereocenters. The average Bonchev–Trinajstić information content (AvgIpc) is 3.40. The Morgan fingerprint density at radius 3 is 2.60 bits per heavy atom. The van der Waals surface area contributed by atoms with Gasteiger partial charge in [0.15, 0.2) is 5.96 Å². The fourth-order valence-electron chi connectivity index (χ4n) is 3.13. The van der Waals surface area contributed by atoms with Crippen molar-refractivity contribution in [2.75, 3.05) is 20.1 Å². The molecular formula is C22H28N6OS. The number of guanidine groups is 1. The van der Waals surface area contributed by atoms with Crippen LogP contribution in [0.3, 0.4) is 0 Å². The molecule has 0 unspecified atom stereocenters. The highest BCUT2D eigenvalue weighted by Gasteiger charge is 2.09. The fraction of sp³-hybridized carbons (Fsp3) is 0.318. The number of thiophene rings is 1. The second-order valence-corrected chi connectivity index (χ2v) is 7.85. The van der Waals surface area contributed by atoms with Gasteiger partial charge in [0.05, 0.1) is 16.3 Å². The van der Waals surface area contributed by atoms with Gasteiger partial charge in [-0.3, -0.25) is 9.79 Å². The van der Waals surface area contributed by atoms with Crippen LogP contribution in [0.4, 0.5) is 0 Å². The summed E-state index contributed by atoms with van der Waals surface area (Å²) < 4.78 is 1.97. The van der Waals surface area contributed by atoms with E-state index in [1.165, 1.54) is 11.3 Å². The van der Waals surface area contributed by atoms with Crippen molar-refractivity contribution >= 4 is 23.2 Å². The molecule has 3 aromatic rings. The van der Waals surface area contributed by atoms with Crippen LogP contribution in [0.15, 0.2) is 52.8 Å². The second kappa shape index (κ2) is 10.6. The number of carbonyl (C=O) groups is 1. The Morgan fingerprint density at radius 2 is 1.90 bits per heavy atom. The number of nitrogens with zero attached hydrogens (tertiary/aromatic N) is 3. The Morgan fingerprint density at radius 1 is 1.10 bits per heavy atom. The van der Waals surface area contributed by atoms with Crippen LogP contribution < -0.4 is 16.0 Å². The number of rotatable bonds is 8. The van der Waals surface area contributed by atoms with Gasteiger partial charge >= 0.3 is 0 Å². The first-order chi connectivity index (χ1) is 14.6. The molecule has 0 bridgehead atoms. The zero-order valence-corrected chi connectivity index (χ0v) is 18.4. The molecule has 3 N–H and O–H groups in total. The smallest absolute Gasteiger partial charge is 0.261 e. The summed E-state index contributed by atoms with van der Waals surface area (Å²) in [6.45, 7) is 6.01. The molecule has 0 fully saturated rings. The van der Waals surface area contributed by atoms with Crippen molar-refractivity contribution in [1.29, 1.82) is 0 Å². The standard InChI is InChI=1S/C22H28N6OS/c1-16-14-17(2)28(27-16)19-9-5-4-8-18(19)15-26-22(23-3)25-12-7-11-24-21(29)20-10-6-13-30-20/h4-6,8-10,13-14H,7,11-12,15H2,1-3H3,(H,24,29)(H2,23,25,26). The fourth-order valence-corrected chi connectivity index (χ4v) is 3.77. The predicted octanol–water partition coefficient (Wildman–Crippen LogP) is 3.04. The molecule has 0 aliphatic heterocycles. The van der Waals surface area contributed by atoms with E-state index in [-0.39, 0.29) is 5.91 Å². The summed E-state index contributed by atoms with van der Waals surface area (Å²) in [5.74, 6) is 0.705. The molecule has 2 heterocycles. The summed E-state index contributed by atoms with van der Waals surface area (Å²) in [6.07, 6.45) is 0.806. The number of para-hydroxylation sites is 1. The van der Waals surface area contributed by atoms with E-state index in [0.29, 0.717) is 19.6 Å². The summed E-state index contributed by atoms with van der Waals surface area (Å²) in [5.41, 5.74) is 4.29. The third kappa shape index (κ3) is 5.70. The van der Waals surface area contributed by atoms with Crippen LogP contribution in [0.1, 0.15) is 33.0 Å². The third-order valence-corrected chi connectivity index (χ3v) is 5.44. The van der Waals surface area contributed by atoms with E-state index in [9.17, 15) is 4.79 Å².